The van der Waals surface area contributed by atoms with E-state index >= 15 is 0 Å². The number of allylic oxidation sites excluding steroid dienone is 1. The van der Waals surface area contributed by atoms with Gasteiger partial charge in [0.2, 0.25) is 0 Å². The first-order valence-electron chi connectivity index (χ1n) is 2.78. The van der Waals surface area contributed by atoms with Gasteiger partial charge in [-0.3, -0.25) is 20.4 Å². The van der Waals surface area contributed by atoms with E-state index in [9.17, 15) is 14.5 Å². The number of hydrogen-bond donors (Lipinski definition) is 1. The highest BCUT2D eigenvalue weighted by molar-refractivity contribution is 5.19. The van der Waals surface area contributed by atoms with Crippen molar-refractivity contribution in [3.05, 3.63) is 33.9 Å². The Morgan fingerprint density at radius 1 is 1.82 bits per heavy atom. The lowest BCUT2D eigenvalue weighted by Gasteiger charge is -2.12. The molecule has 1 heterocycles. The maximum atomic E-state index is 12.5. The van der Waals surface area contributed by atoms with Crippen LogP contribution in [0.15, 0.2) is 23.8 Å². The molecule has 1 aliphatic rings. The zero-order valence-corrected chi connectivity index (χ0v) is 5.40. The van der Waals surface area contributed by atoms with E-state index in [4.69, 9.17) is 5.21 Å². The molecule has 1 aliphatic heterocycles. The second-order valence-electron chi connectivity index (χ2n) is 1.96. The SMILES string of the molecule is O=[N+]([O-])C1=C(F)CN(O)C=C1. The molecule has 0 aromatic heterocycles. The summed E-state index contributed by atoms with van der Waals surface area (Å²) in [6, 6.07) is 0. The van der Waals surface area contributed by atoms with Crippen molar-refractivity contribution in [2.75, 3.05) is 6.54 Å². The Labute approximate surface area is 61.1 Å². The van der Waals surface area contributed by atoms with Crippen LogP contribution in [-0.2, 0) is 0 Å². The van der Waals surface area contributed by atoms with E-state index < -0.39 is 23.0 Å². The molecule has 0 unspecified atom stereocenters. The van der Waals surface area contributed by atoms with Gasteiger partial charge in [-0.05, 0) is 0 Å². The molecule has 0 aliphatic carbocycles. The molecule has 0 amide bonds. The van der Waals surface area contributed by atoms with Gasteiger partial charge in [0.15, 0.2) is 5.83 Å². The second kappa shape index (κ2) is 2.67. The minimum absolute atomic E-state index is 0.465. The van der Waals surface area contributed by atoms with Crippen LogP contribution in [0, 0.1) is 10.1 Å². The minimum atomic E-state index is -0.944. The lowest BCUT2D eigenvalue weighted by molar-refractivity contribution is -0.422. The van der Waals surface area contributed by atoms with Crippen LogP contribution in [0.4, 0.5) is 4.39 Å². The number of halogens is 1. The maximum absolute atomic E-state index is 12.5. The molecule has 0 radical (unpaired) electrons. The average molecular weight is 160 g/mol. The quantitative estimate of drug-likeness (QED) is 0.452. The summed E-state index contributed by atoms with van der Waals surface area (Å²) in [4.78, 5) is 9.19. The molecule has 0 saturated carbocycles. The lowest BCUT2D eigenvalue weighted by Crippen LogP contribution is -2.19. The molecule has 5 nitrogen and oxygen atoms in total. The first-order valence-corrected chi connectivity index (χ1v) is 2.78. The van der Waals surface area contributed by atoms with E-state index in [0.29, 0.717) is 5.06 Å². The summed E-state index contributed by atoms with van der Waals surface area (Å²) >= 11 is 0. The summed E-state index contributed by atoms with van der Waals surface area (Å²) in [6.45, 7) is -0.465. The first-order chi connectivity index (χ1) is 5.11. The Hall–Kier alpha value is -1.43. The van der Waals surface area contributed by atoms with Crippen LogP contribution < -0.4 is 0 Å². The van der Waals surface area contributed by atoms with E-state index in [0.717, 1.165) is 12.3 Å². The van der Waals surface area contributed by atoms with Gasteiger partial charge in [-0.25, -0.2) is 4.39 Å². The van der Waals surface area contributed by atoms with Crippen LogP contribution in [0.2, 0.25) is 0 Å². The highest BCUT2D eigenvalue weighted by Crippen LogP contribution is 2.14. The molecular formula is C5H5FN2O3. The van der Waals surface area contributed by atoms with Gasteiger partial charge in [-0.1, -0.05) is 0 Å². The number of hydrogen-bond acceptors (Lipinski definition) is 4. The average Bonchev–Trinajstić information content (AvgIpc) is 1.85. The molecule has 60 valence electrons. The van der Waals surface area contributed by atoms with Crippen molar-refractivity contribution in [2.45, 2.75) is 0 Å². The van der Waals surface area contributed by atoms with Gasteiger partial charge < -0.3 is 0 Å². The molecule has 0 spiro atoms. The van der Waals surface area contributed by atoms with Crippen LogP contribution in [0.5, 0.6) is 0 Å². The van der Waals surface area contributed by atoms with Crippen LogP contribution in [0.3, 0.4) is 0 Å². The van der Waals surface area contributed by atoms with Gasteiger partial charge in [-0.15, -0.1) is 0 Å². The lowest BCUT2D eigenvalue weighted by atomic mass is 10.3. The van der Waals surface area contributed by atoms with Gasteiger partial charge in [-0.2, -0.15) is 0 Å². The molecular weight excluding hydrogens is 155 g/mol. The summed E-state index contributed by atoms with van der Waals surface area (Å²) in [5, 5.41) is 19.2. The minimum Gasteiger partial charge on any atom is -0.289 e. The van der Waals surface area contributed by atoms with Gasteiger partial charge in [0.05, 0.1) is 4.92 Å². The van der Waals surface area contributed by atoms with Crippen molar-refractivity contribution < 1.29 is 14.5 Å². The number of rotatable bonds is 1. The standard InChI is InChI=1S/C5H5FN2O3/c6-4-3-7(9)2-1-5(4)8(10)11/h1-2,9H,3H2. The van der Waals surface area contributed by atoms with Crippen molar-refractivity contribution in [3.8, 4) is 0 Å². The van der Waals surface area contributed by atoms with E-state index in [1.165, 1.54) is 0 Å². The smallest absolute Gasteiger partial charge is 0.289 e. The fraction of sp³-hybridized carbons (Fsp3) is 0.200. The Balaban J connectivity index is 2.88. The molecule has 0 aromatic carbocycles. The van der Waals surface area contributed by atoms with Gasteiger partial charge in [0, 0.05) is 12.3 Å². The largest absolute Gasteiger partial charge is 0.304 e. The summed E-state index contributed by atoms with van der Waals surface area (Å²) in [5.41, 5.74) is -0.602. The van der Waals surface area contributed by atoms with Crippen molar-refractivity contribution in [2.24, 2.45) is 0 Å². The zero-order valence-electron chi connectivity index (χ0n) is 5.40. The second-order valence-corrected chi connectivity index (χ2v) is 1.96. The molecule has 0 bridgehead atoms. The molecule has 0 saturated heterocycles. The molecule has 0 fully saturated rings. The van der Waals surface area contributed by atoms with Gasteiger partial charge in [0.1, 0.15) is 6.54 Å². The van der Waals surface area contributed by atoms with Crippen molar-refractivity contribution in [1.29, 1.82) is 0 Å². The Bertz CT molecular complexity index is 248. The van der Waals surface area contributed by atoms with Crippen molar-refractivity contribution >= 4 is 0 Å². The highest BCUT2D eigenvalue weighted by atomic mass is 19.1. The summed E-state index contributed by atoms with van der Waals surface area (Å²) in [7, 11) is 0. The summed E-state index contributed by atoms with van der Waals surface area (Å²) in [6.07, 6.45) is 1.93. The van der Waals surface area contributed by atoms with Crippen LogP contribution in [0.1, 0.15) is 0 Å². The summed E-state index contributed by atoms with van der Waals surface area (Å²) in [5.74, 6) is -0.944. The monoisotopic (exact) mass is 160 g/mol. The first kappa shape index (κ1) is 7.67. The van der Waals surface area contributed by atoms with Crippen LogP contribution in [-0.4, -0.2) is 21.7 Å². The van der Waals surface area contributed by atoms with E-state index in [1.54, 1.807) is 0 Å². The fourth-order valence-corrected chi connectivity index (χ4v) is 0.683. The third-order valence-electron chi connectivity index (χ3n) is 1.18. The Kier molecular flexibility index (Phi) is 1.86. The van der Waals surface area contributed by atoms with Crippen molar-refractivity contribution in [1.82, 2.24) is 5.06 Å². The third kappa shape index (κ3) is 1.53. The Morgan fingerprint density at radius 3 is 2.91 bits per heavy atom. The van der Waals surface area contributed by atoms with Crippen molar-refractivity contribution in [3.63, 3.8) is 0 Å². The maximum Gasteiger partial charge on any atom is 0.304 e. The molecule has 1 rings (SSSR count). The fourth-order valence-electron chi connectivity index (χ4n) is 0.683. The molecule has 0 atom stereocenters. The number of nitro groups is 1. The topological polar surface area (TPSA) is 66.6 Å². The normalized spacial score (nSPS) is 17.5. The number of hydroxylamine groups is 2. The van der Waals surface area contributed by atoms with E-state index in [-0.39, 0.29) is 0 Å². The Morgan fingerprint density at radius 2 is 2.45 bits per heavy atom. The van der Waals surface area contributed by atoms with E-state index in [2.05, 4.69) is 0 Å². The number of nitrogens with zero attached hydrogens (tertiary/aromatic N) is 2. The molecule has 1 N–H and O–H groups in total. The van der Waals surface area contributed by atoms with Gasteiger partial charge >= 0.3 is 5.70 Å². The molecule has 11 heavy (non-hydrogen) atoms. The van der Waals surface area contributed by atoms with Crippen LogP contribution in [0.25, 0.3) is 0 Å². The van der Waals surface area contributed by atoms with Crippen LogP contribution >= 0.6 is 0 Å². The molecule has 0 aromatic rings. The van der Waals surface area contributed by atoms with E-state index in [1.807, 2.05) is 0 Å². The molecule has 6 heteroatoms. The third-order valence-corrected chi connectivity index (χ3v) is 1.18. The highest BCUT2D eigenvalue weighted by Gasteiger charge is 2.20. The predicted octanol–water partition coefficient (Wildman–Crippen LogP) is 0.663. The predicted molar refractivity (Wildman–Crippen MR) is 32.8 cm³/mol. The summed E-state index contributed by atoms with van der Waals surface area (Å²) < 4.78 is 12.5. The van der Waals surface area contributed by atoms with Gasteiger partial charge in [0.25, 0.3) is 0 Å². The zero-order chi connectivity index (χ0) is 8.43.